The van der Waals surface area contributed by atoms with Crippen LogP contribution in [0, 0.1) is 0 Å². The molecule has 3 aromatic rings. The lowest BCUT2D eigenvalue weighted by Gasteiger charge is -2.02. The van der Waals surface area contributed by atoms with E-state index in [1.807, 2.05) is 30.3 Å². The van der Waals surface area contributed by atoms with Gasteiger partial charge in [0.25, 0.3) is 0 Å². The van der Waals surface area contributed by atoms with Crippen LogP contribution in [0.25, 0.3) is 0 Å². The van der Waals surface area contributed by atoms with Crippen LogP contribution in [0.3, 0.4) is 0 Å². The minimum absolute atomic E-state index is 0.580. The van der Waals surface area contributed by atoms with E-state index in [4.69, 9.17) is 32.9 Å². The quantitative estimate of drug-likeness (QED) is 0.454. The molecule has 24 heavy (non-hydrogen) atoms. The van der Waals surface area contributed by atoms with Crippen LogP contribution < -0.4 is 4.74 Å². The van der Waals surface area contributed by atoms with E-state index < -0.39 is 0 Å². The molecule has 2 aromatic carbocycles. The number of rotatable bonds is 6. The molecule has 0 aliphatic heterocycles. The molecule has 0 aliphatic carbocycles. The fourth-order valence-corrected chi connectivity index (χ4v) is 4.20. The Morgan fingerprint density at radius 3 is 2.58 bits per heavy atom. The normalized spacial score (nSPS) is 10.8. The van der Waals surface area contributed by atoms with Crippen LogP contribution >= 0.6 is 46.3 Å². The molecule has 0 spiro atoms. The van der Waals surface area contributed by atoms with Crippen LogP contribution in [-0.4, -0.2) is 12.1 Å². The minimum atomic E-state index is 0.580. The highest BCUT2D eigenvalue weighted by molar-refractivity contribution is 7.98. The summed E-state index contributed by atoms with van der Waals surface area (Å²) in [5, 5.41) is 4.36. The number of benzene rings is 2. The highest BCUT2D eigenvalue weighted by atomic mass is 35.5. The van der Waals surface area contributed by atoms with Gasteiger partial charge >= 0.3 is 0 Å². The van der Waals surface area contributed by atoms with Crippen molar-refractivity contribution in [3.05, 3.63) is 74.2 Å². The second-order valence-corrected chi connectivity index (χ2v) is 7.93. The maximum Gasteiger partial charge on any atom is 0.118 e. The molecule has 0 amide bonds. The molecule has 1 aromatic heterocycles. The van der Waals surface area contributed by atoms with E-state index in [0.29, 0.717) is 10.0 Å². The lowest BCUT2D eigenvalue weighted by atomic mass is 10.2. The number of thiazole rings is 1. The molecule has 0 aliphatic rings. The summed E-state index contributed by atoms with van der Waals surface area (Å²) in [7, 11) is 1.67. The summed E-state index contributed by atoms with van der Waals surface area (Å²) in [5.74, 6) is 1.72. The third-order valence-electron chi connectivity index (χ3n) is 3.38. The predicted molar refractivity (Wildman–Crippen MR) is 104 cm³/mol. The summed E-state index contributed by atoms with van der Waals surface area (Å²) in [4.78, 5) is 5.91. The second kappa shape index (κ2) is 8.26. The molecule has 0 atom stereocenters. The summed E-state index contributed by atoms with van der Waals surface area (Å²) >= 11 is 15.5. The van der Waals surface area contributed by atoms with E-state index in [9.17, 15) is 0 Å². The van der Waals surface area contributed by atoms with Crippen LogP contribution in [0.5, 0.6) is 5.75 Å². The molecular formula is C18H15Cl2NOS2. The minimum Gasteiger partial charge on any atom is -0.497 e. The average molecular weight is 396 g/mol. The molecule has 6 heteroatoms. The van der Waals surface area contributed by atoms with Gasteiger partial charge in [0.15, 0.2) is 0 Å². The molecule has 0 unspecified atom stereocenters. The zero-order valence-corrected chi connectivity index (χ0v) is 16.1. The van der Waals surface area contributed by atoms with Gasteiger partial charge in [0.05, 0.1) is 27.9 Å². The molecule has 2 nitrogen and oxygen atoms in total. The van der Waals surface area contributed by atoms with Gasteiger partial charge in [-0.05, 0) is 42.0 Å². The third kappa shape index (κ3) is 4.67. The maximum atomic E-state index is 6.06. The zero-order chi connectivity index (χ0) is 16.9. The summed E-state index contributed by atoms with van der Waals surface area (Å²) in [5.41, 5.74) is 2.21. The predicted octanol–water partition coefficient (Wildman–Crippen LogP) is 6.34. The Bertz CT molecular complexity index is 818. The summed E-state index contributed by atoms with van der Waals surface area (Å²) in [6.45, 7) is 0. The molecular weight excluding hydrogens is 381 g/mol. The molecule has 0 bridgehead atoms. The number of methoxy groups -OCH3 is 1. The van der Waals surface area contributed by atoms with Gasteiger partial charge in [-0.1, -0.05) is 29.3 Å². The van der Waals surface area contributed by atoms with Gasteiger partial charge in [-0.25, -0.2) is 4.98 Å². The van der Waals surface area contributed by atoms with Gasteiger partial charge in [-0.2, -0.15) is 0 Å². The SMILES string of the molecule is COc1ccc(SCc2csc(Cc3ccc(Cl)c(Cl)c3)n2)cc1. The van der Waals surface area contributed by atoms with Gasteiger partial charge < -0.3 is 4.74 Å². The van der Waals surface area contributed by atoms with Crippen molar-refractivity contribution < 1.29 is 4.74 Å². The van der Waals surface area contributed by atoms with Crippen LogP contribution in [-0.2, 0) is 12.2 Å². The van der Waals surface area contributed by atoms with Gasteiger partial charge in [-0.3, -0.25) is 0 Å². The van der Waals surface area contributed by atoms with E-state index in [1.165, 1.54) is 4.90 Å². The number of hydrogen-bond donors (Lipinski definition) is 0. The van der Waals surface area contributed by atoms with Gasteiger partial charge in [-0.15, -0.1) is 23.1 Å². The lowest BCUT2D eigenvalue weighted by Crippen LogP contribution is -1.89. The van der Waals surface area contributed by atoms with Gasteiger partial charge in [0.1, 0.15) is 5.75 Å². The van der Waals surface area contributed by atoms with Crippen LogP contribution in [0.2, 0.25) is 10.0 Å². The first-order valence-electron chi connectivity index (χ1n) is 7.28. The fourth-order valence-electron chi connectivity index (χ4n) is 2.15. The highest BCUT2D eigenvalue weighted by Gasteiger charge is 2.06. The maximum absolute atomic E-state index is 6.06. The summed E-state index contributed by atoms with van der Waals surface area (Å²) < 4.78 is 5.17. The Kier molecular flexibility index (Phi) is 6.06. The Morgan fingerprint density at radius 2 is 1.88 bits per heavy atom. The van der Waals surface area contributed by atoms with E-state index in [1.54, 1.807) is 30.2 Å². The molecule has 0 radical (unpaired) electrons. The first kappa shape index (κ1) is 17.6. The Hall–Kier alpha value is -1.20. The van der Waals surface area contributed by atoms with Crippen molar-refractivity contribution >= 4 is 46.3 Å². The molecule has 0 fully saturated rings. The summed E-state index contributed by atoms with van der Waals surface area (Å²) in [6, 6.07) is 13.8. The zero-order valence-electron chi connectivity index (χ0n) is 13.0. The van der Waals surface area contributed by atoms with Crippen molar-refractivity contribution in [2.45, 2.75) is 17.1 Å². The monoisotopic (exact) mass is 395 g/mol. The number of thioether (sulfide) groups is 1. The van der Waals surface area contributed by atoms with Crippen molar-refractivity contribution in [2.75, 3.05) is 7.11 Å². The number of aromatic nitrogens is 1. The molecule has 3 rings (SSSR count). The van der Waals surface area contributed by atoms with Crippen LogP contribution in [0.15, 0.2) is 52.7 Å². The number of hydrogen-bond acceptors (Lipinski definition) is 4. The number of nitrogens with zero attached hydrogens (tertiary/aromatic N) is 1. The molecule has 0 saturated carbocycles. The van der Waals surface area contributed by atoms with E-state index in [2.05, 4.69) is 17.5 Å². The smallest absolute Gasteiger partial charge is 0.118 e. The highest BCUT2D eigenvalue weighted by Crippen LogP contribution is 2.27. The molecule has 124 valence electrons. The number of ether oxygens (including phenoxy) is 1. The van der Waals surface area contributed by atoms with Crippen LogP contribution in [0.1, 0.15) is 16.3 Å². The first-order chi connectivity index (χ1) is 11.6. The largest absolute Gasteiger partial charge is 0.497 e. The van der Waals surface area contributed by atoms with Crippen molar-refractivity contribution in [3.8, 4) is 5.75 Å². The van der Waals surface area contributed by atoms with Crippen molar-refractivity contribution in [2.24, 2.45) is 0 Å². The molecule has 1 heterocycles. The Labute approximate surface area is 159 Å². The average Bonchev–Trinajstić information content (AvgIpc) is 3.04. The topological polar surface area (TPSA) is 22.1 Å². The molecule has 0 saturated heterocycles. The Morgan fingerprint density at radius 1 is 1.08 bits per heavy atom. The van der Waals surface area contributed by atoms with Crippen molar-refractivity contribution in [1.82, 2.24) is 4.98 Å². The lowest BCUT2D eigenvalue weighted by molar-refractivity contribution is 0.414. The van der Waals surface area contributed by atoms with E-state index in [-0.39, 0.29) is 0 Å². The summed E-state index contributed by atoms with van der Waals surface area (Å²) in [6.07, 6.45) is 0.773. The van der Waals surface area contributed by atoms with Crippen molar-refractivity contribution in [3.63, 3.8) is 0 Å². The number of halogens is 2. The Balaban J connectivity index is 1.59. The van der Waals surface area contributed by atoms with Crippen molar-refractivity contribution in [1.29, 1.82) is 0 Å². The second-order valence-electron chi connectivity index (χ2n) is 5.12. The van der Waals surface area contributed by atoms with E-state index in [0.717, 1.165) is 34.2 Å². The van der Waals surface area contributed by atoms with E-state index >= 15 is 0 Å². The van der Waals surface area contributed by atoms with Crippen LogP contribution in [0.4, 0.5) is 0 Å². The third-order valence-corrected chi connectivity index (χ3v) is 6.07. The molecule has 0 N–H and O–H groups in total. The fraction of sp³-hybridized carbons (Fsp3) is 0.167. The first-order valence-corrected chi connectivity index (χ1v) is 9.90. The van der Waals surface area contributed by atoms with Gasteiger partial charge in [0, 0.05) is 22.4 Å². The standard InChI is InChI=1S/C18H15Cl2NOS2/c1-22-14-3-5-15(6-4-14)23-10-13-11-24-18(21-13)9-12-2-7-16(19)17(20)8-12/h2-8,11H,9-10H2,1H3. The van der Waals surface area contributed by atoms with Gasteiger partial charge in [0.2, 0.25) is 0 Å².